The van der Waals surface area contributed by atoms with Crippen LogP contribution in [0.2, 0.25) is 0 Å². The monoisotopic (exact) mass is 542 g/mol. The fraction of sp³-hybridized carbons (Fsp3) is 0.694. The Hall–Kier alpha value is -2.23. The lowest BCUT2D eigenvalue weighted by Gasteiger charge is -2.70. The van der Waals surface area contributed by atoms with Crippen molar-refractivity contribution in [1.82, 2.24) is 4.98 Å². The van der Waals surface area contributed by atoms with Crippen LogP contribution in [-0.4, -0.2) is 16.7 Å². The van der Waals surface area contributed by atoms with E-state index in [-0.39, 0.29) is 44.3 Å². The number of rotatable bonds is 2. The van der Waals surface area contributed by atoms with Gasteiger partial charge < -0.3 is 5.73 Å². The third-order valence-electron chi connectivity index (χ3n) is 13.8. The highest BCUT2D eigenvalue weighted by atomic mass is 16.1. The Labute approximate surface area is 241 Å². The molecule has 1 aromatic rings. The van der Waals surface area contributed by atoms with Gasteiger partial charge in [-0.1, -0.05) is 60.1 Å². The lowest BCUT2D eigenvalue weighted by Crippen LogP contribution is -2.65. The van der Waals surface area contributed by atoms with E-state index in [1.807, 2.05) is 24.5 Å². The summed E-state index contributed by atoms with van der Waals surface area (Å²) in [6.07, 6.45) is 17.4. The van der Waals surface area contributed by atoms with Crippen molar-refractivity contribution in [3.05, 3.63) is 47.3 Å². The summed E-state index contributed by atoms with van der Waals surface area (Å²) in [5.74, 6) is 1.35. The third kappa shape index (κ3) is 3.59. The number of carbonyl (C=O) groups excluding carboxylic acids is 2. The van der Waals surface area contributed by atoms with Crippen LogP contribution in [0.15, 0.2) is 41.7 Å². The van der Waals surface area contributed by atoms with Gasteiger partial charge in [0, 0.05) is 17.8 Å². The summed E-state index contributed by atoms with van der Waals surface area (Å²) in [6.45, 7) is 16.8. The number of nitrogens with zero attached hydrogens (tertiary/aromatic N) is 1. The van der Waals surface area contributed by atoms with Crippen molar-refractivity contribution in [3.63, 3.8) is 0 Å². The quantitative estimate of drug-likeness (QED) is 0.305. The fourth-order valence-corrected chi connectivity index (χ4v) is 11.3. The van der Waals surface area contributed by atoms with E-state index in [0.717, 1.165) is 68.9 Å². The first-order valence-corrected chi connectivity index (χ1v) is 15.8. The molecule has 0 radical (unpaired) electrons. The van der Waals surface area contributed by atoms with E-state index < -0.39 is 0 Å². The van der Waals surface area contributed by atoms with Crippen molar-refractivity contribution in [1.29, 1.82) is 0 Å². The SMILES string of the molecule is CC1(C)CC[C@]2(C(N)=O)CC[C@]3(C)C(=CC[C@@H]4[C@@]5(C)C/C(=C/c6ccncc6)C(=O)C(C)(C)[C@@H]5CC[C@]43C)[C@@H]2C1. The number of aromatic nitrogens is 1. The van der Waals surface area contributed by atoms with Crippen LogP contribution in [0, 0.1) is 50.2 Å². The summed E-state index contributed by atoms with van der Waals surface area (Å²) in [5, 5.41) is 0. The zero-order valence-electron chi connectivity index (χ0n) is 25.9. The second-order valence-corrected chi connectivity index (χ2v) is 16.4. The molecule has 6 rings (SSSR count). The molecule has 4 saturated carbocycles. The first-order valence-electron chi connectivity index (χ1n) is 15.8. The summed E-state index contributed by atoms with van der Waals surface area (Å²) in [7, 11) is 0. The van der Waals surface area contributed by atoms with Gasteiger partial charge in [0.2, 0.25) is 5.91 Å². The van der Waals surface area contributed by atoms with Crippen molar-refractivity contribution >= 4 is 17.8 Å². The molecule has 5 aliphatic rings. The second kappa shape index (κ2) is 8.65. The van der Waals surface area contributed by atoms with Crippen LogP contribution in [0.1, 0.15) is 112 Å². The second-order valence-electron chi connectivity index (χ2n) is 16.4. The van der Waals surface area contributed by atoms with Gasteiger partial charge in [-0.2, -0.15) is 0 Å². The standard InChI is InChI=1S/C36H50N2O2/c1-31(2)14-16-36(30(37)40)17-15-34(6)25(26(36)22-31)8-9-28-33(5)21-24(20-23-11-18-38-19-12-23)29(39)32(3,4)27(33)10-13-35(28,34)7/h8,11-12,18-20,26-28H,9-10,13-17,21-22H2,1-7H3,(H2,37,40)/b24-20-/t26-,27-,28+,33-,34+,35+,36-/m0/s1. The van der Waals surface area contributed by atoms with E-state index in [9.17, 15) is 9.59 Å². The van der Waals surface area contributed by atoms with Crippen molar-refractivity contribution in [2.24, 2.45) is 56.0 Å². The van der Waals surface area contributed by atoms with Gasteiger partial charge in [0.15, 0.2) is 5.78 Å². The molecule has 0 aliphatic heterocycles. The molecule has 5 aliphatic carbocycles. The molecule has 0 bridgehead atoms. The van der Waals surface area contributed by atoms with Gasteiger partial charge in [-0.05, 0) is 127 Å². The Balaban J connectivity index is 1.45. The maximum absolute atomic E-state index is 14.0. The maximum Gasteiger partial charge on any atom is 0.224 e. The molecule has 4 nitrogen and oxygen atoms in total. The first-order chi connectivity index (χ1) is 18.6. The van der Waals surface area contributed by atoms with Gasteiger partial charge in [0.25, 0.3) is 0 Å². The van der Waals surface area contributed by atoms with Crippen LogP contribution in [0.4, 0.5) is 0 Å². The number of allylic oxidation sites excluding steroid dienone is 3. The number of amides is 1. The summed E-state index contributed by atoms with van der Waals surface area (Å²) in [5.41, 5.74) is 9.47. The molecule has 0 aromatic carbocycles. The lowest BCUT2D eigenvalue weighted by atomic mass is 9.33. The molecule has 1 amide bonds. The van der Waals surface area contributed by atoms with Crippen LogP contribution in [0.3, 0.4) is 0 Å². The predicted octanol–water partition coefficient (Wildman–Crippen LogP) is 7.93. The fourth-order valence-electron chi connectivity index (χ4n) is 11.3. The molecule has 216 valence electrons. The predicted molar refractivity (Wildman–Crippen MR) is 161 cm³/mol. The van der Waals surface area contributed by atoms with E-state index >= 15 is 0 Å². The highest BCUT2D eigenvalue weighted by Crippen LogP contribution is 2.75. The minimum Gasteiger partial charge on any atom is -0.369 e. The molecule has 1 aromatic heterocycles. The smallest absolute Gasteiger partial charge is 0.224 e. The van der Waals surface area contributed by atoms with Crippen molar-refractivity contribution in [2.75, 3.05) is 0 Å². The molecule has 0 saturated heterocycles. The Morgan fingerprint density at radius 2 is 1.62 bits per heavy atom. The van der Waals surface area contributed by atoms with Crippen molar-refractivity contribution < 1.29 is 9.59 Å². The van der Waals surface area contributed by atoms with Gasteiger partial charge in [0.05, 0.1) is 5.41 Å². The van der Waals surface area contributed by atoms with Crippen LogP contribution >= 0.6 is 0 Å². The number of pyridine rings is 1. The minimum atomic E-state index is -0.390. The lowest BCUT2D eigenvalue weighted by molar-refractivity contribution is -0.179. The Kier molecular flexibility index (Phi) is 6.03. The molecule has 2 N–H and O–H groups in total. The minimum absolute atomic E-state index is 0.0262. The Morgan fingerprint density at radius 3 is 2.30 bits per heavy atom. The molecule has 0 unspecified atom stereocenters. The van der Waals surface area contributed by atoms with Crippen LogP contribution in [0.25, 0.3) is 6.08 Å². The molecule has 4 heteroatoms. The number of Topliss-reactive ketones (excluding diaryl/α,β-unsaturated/α-hetero) is 1. The molecule has 7 atom stereocenters. The highest BCUT2D eigenvalue weighted by molar-refractivity contribution is 6.04. The van der Waals surface area contributed by atoms with Crippen molar-refractivity contribution in [3.8, 4) is 0 Å². The molecule has 40 heavy (non-hydrogen) atoms. The number of primary amides is 1. The maximum atomic E-state index is 14.0. The average Bonchev–Trinajstić information content (AvgIpc) is 2.87. The first kappa shape index (κ1) is 27.9. The summed E-state index contributed by atoms with van der Waals surface area (Å²) >= 11 is 0. The number of hydrogen-bond acceptors (Lipinski definition) is 3. The van der Waals surface area contributed by atoms with E-state index in [1.165, 1.54) is 0 Å². The largest absolute Gasteiger partial charge is 0.369 e. The van der Waals surface area contributed by atoms with Crippen LogP contribution in [0.5, 0.6) is 0 Å². The van der Waals surface area contributed by atoms with E-state index in [0.29, 0.717) is 17.6 Å². The van der Waals surface area contributed by atoms with Gasteiger partial charge in [0.1, 0.15) is 0 Å². The number of carbonyl (C=O) groups is 2. The topological polar surface area (TPSA) is 73.1 Å². The number of hydrogen-bond donors (Lipinski definition) is 1. The van der Waals surface area contributed by atoms with E-state index in [1.54, 1.807) is 5.57 Å². The number of nitrogens with two attached hydrogens (primary N) is 1. The molecule has 0 spiro atoms. The average molecular weight is 543 g/mol. The van der Waals surface area contributed by atoms with Crippen molar-refractivity contribution in [2.45, 2.75) is 106 Å². The van der Waals surface area contributed by atoms with Crippen LogP contribution in [-0.2, 0) is 9.59 Å². The molecular weight excluding hydrogens is 492 g/mol. The van der Waals surface area contributed by atoms with Gasteiger partial charge >= 0.3 is 0 Å². The number of fused-ring (bicyclic) bond motifs is 7. The molecule has 1 heterocycles. The van der Waals surface area contributed by atoms with E-state index in [4.69, 9.17) is 5.73 Å². The summed E-state index contributed by atoms with van der Waals surface area (Å²) < 4.78 is 0. The Morgan fingerprint density at radius 1 is 0.950 bits per heavy atom. The number of ketones is 1. The van der Waals surface area contributed by atoms with Gasteiger partial charge in [-0.15, -0.1) is 0 Å². The van der Waals surface area contributed by atoms with E-state index in [2.05, 4.69) is 65.6 Å². The van der Waals surface area contributed by atoms with Gasteiger partial charge in [-0.3, -0.25) is 14.6 Å². The molecular formula is C36H50N2O2. The van der Waals surface area contributed by atoms with Gasteiger partial charge in [-0.25, -0.2) is 0 Å². The summed E-state index contributed by atoms with van der Waals surface area (Å²) in [6, 6.07) is 4.00. The normalized spacial score (nSPS) is 44.5. The zero-order chi connectivity index (χ0) is 28.9. The summed E-state index contributed by atoms with van der Waals surface area (Å²) in [4.78, 5) is 31.3. The Bertz CT molecular complexity index is 1310. The zero-order valence-corrected chi connectivity index (χ0v) is 25.9. The third-order valence-corrected chi connectivity index (χ3v) is 13.8. The highest BCUT2D eigenvalue weighted by Gasteiger charge is 2.69. The van der Waals surface area contributed by atoms with Crippen LogP contribution < -0.4 is 5.73 Å². The molecule has 4 fully saturated rings.